The van der Waals surface area contributed by atoms with Crippen LogP contribution in [0.15, 0.2) is 83.8 Å². The molecule has 1 N–H and O–H groups in total. The molecule has 0 aliphatic rings. The van der Waals surface area contributed by atoms with Crippen molar-refractivity contribution in [3.8, 4) is 0 Å². The topological polar surface area (TPSA) is 49.6 Å². The molecule has 29 heavy (non-hydrogen) atoms. The maximum atomic E-state index is 12.4. The molecule has 0 atom stereocenters. The number of hydrogen-bond donors (Lipinski definition) is 1. The number of halogens is 1. The second-order valence-corrected chi connectivity index (χ2v) is 7.31. The number of nitrogens with zero attached hydrogens (tertiary/aromatic N) is 3. The molecule has 0 aliphatic carbocycles. The quantitative estimate of drug-likeness (QED) is 0.510. The molecule has 2 aromatic carbocycles. The van der Waals surface area contributed by atoms with E-state index in [4.69, 9.17) is 11.6 Å². The highest BCUT2D eigenvalue weighted by Crippen LogP contribution is 2.26. The lowest BCUT2D eigenvalue weighted by molar-refractivity contribution is 0.919. The molecule has 2 aromatic heterocycles. The summed E-state index contributed by atoms with van der Waals surface area (Å²) in [6, 6.07) is 23.5. The highest BCUT2D eigenvalue weighted by Gasteiger charge is 2.09. The Hall–Kier alpha value is -3.31. The van der Waals surface area contributed by atoms with E-state index in [0.29, 0.717) is 22.9 Å². The van der Waals surface area contributed by atoms with Gasteiger partial charge < -0.3 is 10.2 Å². The van der Waals surface area contributed by atoms with E-state index in [1.165, 1.54) is 16.0 Å². The van der Waals surface area contributed by atoms with Crippen molar-refractivity contribution in [1.82, 2.24) is 9.38 Å². The van der Waals surface area contributed by atoms with Crippen molar-refractivity contribution in [1.29, 1.82) is 0 Å². The van der Waals surface area contributed by atoms with Gasteiger partial charge in [0.15, 0.2) is 0 Å². The Morgan fingerprint density at radius 2 is 1.79 bits per heavy atom. The Labute approximate surface area is 174 Å². The van der Waals surface area contributed by atoms with Gasteiger partial charge in [0.05, 0.1) is 28.6 Å². The van der Waals surface area contributed by atoms with E-state index < -0.39 is 0 Å². The minimum Gasteiger partial charge on any atom is -0.378 e. The molecule has 0 saturated carbocycles. The zero-order valence-corrected chi connectivity index (χ0v) is 16.8. The number of fused-ring (bicyclic) bond motifs is 1. The van der Waals surface area contributed by atoms with Crippen molar-refractivity contribution < 1.29 is 0 Å². The van der Waals surface area contributed by atoms with Crippen molar-refractivity contribution in [2.75, 3.05) is 17.3 Å². The van der Waals surface area contributed by atoms with Crippen LogP contribution in [-0.4, -0.2) is 16.4 Å². The molecule has 0 aliphatic heterocycles. The second-order valence-electron chi connectivity index (χ2n) is 6.87. The lowest BCUT2D eigenvalue weighted by Gasteiger charge is -2.23. The first-order chi connectivity index (χ1) is 14.1. The smallest absolute Gasteiger partial charge is 0.258 e. The lowest BCUT2D eigenvalue weighted by Crippen LogP contribution is -2.19. The van der Waals surface area contributed by atoms with Gasteiger partial charge in [-0.25, -0.2) is 4.98 Å². The molecule has 0 radical (unpaired) electrons. The number of aromatic nitrogens is 2. The number of nitrogens with one attached hydrogen (secondary N) is 1. The molecule has 146 valence electrons. The van der Waals surface area contributed by atoms with Gasteiger partial charge in [-0.05, 0) is 29.8 Å². The first-order valence-corrected chi connectivity index (χ1v) is 9.74. The average molecular weight is 405 g/mol. The van der Waals surface area contributed by atoms with Gasteiger partial charge in [0.1, 0.15) is 5.65 Å². The van der Waals surface area contributed by atoms with Crippen molar-refractivity contribution in [3.05, 3.63) is 106 Å². The second kappa shape index (κ2) is 8.37. The summed E-state index contributed by atoms with van der Waals surface area (Å²) in [4.78, 5) is 19.1. The third kappa shape index (κ3) is 4.41. The maximum absolute atomic E-state index is 12.4. The summed E-state index contributed by atoms with van der Waals surface area (Å²) in [6.07, 6.45) is 1.58. The van der Waals surface area contributed by atoms with Crippen LogP contribution in [-0.2, 0) is 13.1 Å². The van der Waals surface area contributed by atoms with Gasteiger partial charge in [0.2, 0.25) is 0 Å². The molecule has 0 bridgehead atoms. The minimum absolute atomic E-state index is 0.149. The van der Waals surface area contributed by atoms with Crippen LogP contribution in [0.2, 0.25) is 5.02 Å². The molecule has 4 rings (SSSR count). The zero-order chi connectivity index (χ0) is 20.2. The first kappa shape index (κ1) is 19.0. The maximum Gasteiger partial charge on any atom is 0.258 e. The van der Waals surface area contributed by atoms with Gasteiger partial charge in [0, 0.05) is 25.9 Å². The SMILES string of the molecule is CN(Cc1ccccc1)c1ccccc1NCc1cc(=O)n2cc(Cl)ccc2n1. The summed E-state index contributed by atoms with van der Waals surface area (Å²) in [5, 5.41) is 3.92. The Balaban J connectivity index is 1.54. The Bertz CT molecular complexity index is 1190. The molecule has 0 spiro atoms. The lowest BCUT2D eigenvalue weighted by atomic mass is 10.2. The van der Waals surface area contributed by atoms with E-state index in [1.807, 2.05) is 36.4 Å². The molecular weight excluding hydrogens is 384 g/mol. The fourth-order valence-corrected chi connectivity index (χ4v) is 3.46. The Morgan fingerprint density at radius 1 is 1.03 bits per heavy atom. The standard InChI is InChI=1S/C23H21ClN4O/c1-27(15-17-7-3-2-4-8-17)21-10-6-5-9-20(21)25-14-19-13-23(29)28-16-18(24)11-12-22(28)26-19/h2-13,16,25H,14-15H2,1H3. The van der Waals surface area contributed by atoms with Crippen LogP contribution < -0.4 is 15.8 Å². The Kier molecular flexibility index (Phi) is 5.49. The van der Waals surface area contributed by atoms with Gasteiger partial charge >= 0.3 is 0 Å². The molecule has 6 heteroatoms. The number of hydrogen-bond acceptors (Lipinski definition) is 4. The van der Waals surface area contributed by atoms with Gasteiger partial charge in [-0.15, -0.1) is 0 Å². The predicted octanol–water partition coefficient (Wildman–Crippen LogP) is 4.60. The zero-order valence-electron chi connectivity index (χ0n) is 16.0. The number of benzene rings is 2. The summed E-state index contributed by atoms with van der Waals surface area (Å²) in [5.74, 6) is 0. The summed E-state index contributed by atoms with van der Waals surface area (Å²) in [7, 11) is 2.07. The number of anilines is 2. The van der Waals surface area contributed by atoms with Gasteiger partial charge in [-0.1, -0.05) is 54.1 Å². The highest BCUT2D eigenvalue weighted by molar-refractivity contribution is 6.30. The van der Waals surface area contributed by atoms with Crippen LogP contribution in [0.25, 0.3) is 5.65 Å². The molecule has 0 amide bonds. The van der Waals surface area contributed by atoms with E-state index >= 15 is 0 Å². The monoisotopic (exact) mass is 404 g/mol. The predicted molar refractivity (Wildman–Crippen MR) is 119 cm³/mol. The normalized spacial score (nSPS) is 10.8. The summed E-state index contributed by atoms with van der Waals surface area (Å²) >= 11 is 5.97. The molecule has 4 aromatic rings. The van der Waals surface area contributed by atoms with Crippen LogP contribution in [0.3, 0.4) is 0 Å². The number of rotatable bonds is 6. The molecule has 0 unspecified atom stereocenters. The van der Waals surface area contributed by atoms with Crippen molar-refractivity contribution in [2.24, 2.45) is 0 Å². The molecular formula is C23H21ClN4O. The van der Waals surface area contributed by atoms with Crippen LogP contribution in [0.1, 0.15) is 11.3 Å². The minimum atomic E-state index is -0.149. The van der Waals surface area contributed by atoms with E-state index in [0.717, 1.165) is 17.9 Å². The van der Waals surface area contributed by atoms with Gasteiger partial charge in [0.25, 0.3) is 5.56 Å². The Morgan fingerprint density at radius 3 is 2.62 bits per heavy atom. The third-order valence-electron chi connectivity index (χ3n) is 4.71. The van der Waals surface area contributed by atoms with Crippen LogP contribution in [0.5, 0.6) is 0 Å². The largest absolute Gasteiger partial charge is 0.378 e. The fourth-order valence-electron chi connectivity index (χ4n) is 3.30. The summed E-state index contributed by atoms with van der Waals surface area (Å²) < 4.78 is 1.45. The van der Waals surface area contributed by atoms with Crippen molar-refractivity contribution in [3.63, 3.8) is 0 Å². The summed E-state index contributed by atoms with van der Waals surface area (Å²) in [6.45, 7) is 1.25. The van der Waals surface area contributed by atoms with Gasteiger partial charge in [-0.2, -0.15) is 0 Å². The number of pyridine rings is 1. The van der Waals surface area contributed by atoms with Crippen molar-refractivity contribution in [2.45, 2.75) is 13.1 Å². The first-order valence-electron chi connectivity index (χ1n) is 9.36. The van der Waals surface area contributed by atoms with Gasteiger partial charge in [-0.3, -0.25) is 9.20 Å². The highest BCUT2D eigenvalue weighted by atomic mass is 35.5. The molecule has 5 nitrogen and oxygen atoms in total. The van der Waals surface area contributed by atoms with Crippen LogP contribution in [0, 0.1) is 0 Å². The van der Waals surface area contributed by atoms with Crippen LogP contribution in [0.4, 0.5) is 11.4 Å². The summed E-state index contributed by atoms with van der Waals surface area (Å²) in [5.41, 5.74) is 4.42. The van der Waals surface area contributed by atoms with E-state index in [9.17, 15) is 4.79 Å². The average Bonchev–Trinajstić information content (AvgIpc) is 2.74. The molecule has 2 heterocycles. The fraction of sp³-hybridized carbons (Fsp3) is 0.130. The number of para-hydroxylation sites is 2. The molecule has 0 saturated heterocycles. The van der Waals surface area contributed by atoms with Crippen molar-refractivity contribution >= 4 is 28.6 Å². The van der Waals surface area contributed by atoms with Crippen LogP contribution >= 0.6 is 11.6 Å². The van der Waals surface area contributed by atoms with E-state index in [2.05, 4.69) is 40.4 Å². The molecule has 0 fully saturated rings. The van der Waals surface area contributed by atoms with E-state index in [-0.39, 0.29) is 5.56 Å². The van der Waals surface area contributed by atoms with E-state index in [1.54, 1.807) is 18.3 Å². The third-order valence-corrected chi connectivity index (χ3v) is 4.94.